The average molecular weight is 359 g/mol. The molecule has 6 heteroatoms. The minimum atomic E-state index is -0.120. The molecule has 3 aromatic rings. The first kappa shape index (κ1) is 18.2. The molecule has 2 aromatic carbocycles. The second-order valence-electron chi connectivity index (χ2n) is 6.50. The normalized spacial score (nSPS) is 10.4. The fraction of sp³-hybridized carbons (Fsp3) is 0.190. The van der Waals surface area contributed by atoms with E-state index in [1.807, 2.05) is 44.3 Å². The maximum Gasteiger partial charge on any atom is 0.230 e. The summed E-state index contributed by atoms with van der Waals surface area (Å²) in [4.78, 5) is 12.3. The summed E-state index contributed by atoms with van der Waals surface area (Å²) < 4.78 is 1.75. The van der Waals surface area contributed by atoms with Gasteiger partial charge >= 0.3 is 0 Å². The molecule has 0 aliphatic rings. The number of anilines is 2. The van der Waals surface area contributed by atoms with Crippen LogP contribution >= 0.6 is 0 Å². The predicted molar refractivity (Wildman–Crippen MR) is 105 cm³/mol. The van der Waals surface area contributed by atoms with E-state index < -0.39 is 0 Å². The van der Waals surface area contributed by atoms with Crippen molar-refractivity contribution in [1.82, 2.24) is 9.78 Å². The average Bonchev–Trinajstić information content (AvgIpc) is 3.09. The van der Waals surface area contributed by atoms with E-state index in [4.69, 9.17) is 11.0 Å². The zero-order chi connectivity index (χ0) is 19.4. The maximum atomic E-state index is 12.3. The number of nitriles is 1. The van der Waals surface area contributed by atoms with E-state index in [0.29, 0.717) is 17.9 Å². The zero-order valence-corrected chi connectivity index (χ0v) is 15.4. The van der Waals surface area contributed by atoms with E-state index in [1.54, 1.807) is 22.9 Å². The number of hydrogen-bond acceptors (Lipinski definition) is 4. The van der Waals surface area contributed by atoms with Crippen molar-refractivity contribution in [3.63, 3.8) is 0 Å². The number of hydrogen-bond donors (Lipinski definition) is 2. The van der Waals surface area contributed by atoms with Crippen LogP contribution in [0.1, 0.15) is 27.8 Å². The van der Waals surface area contributed by atoms with Crippen LogP contribution in [0.25, 0.3) is 0 Å². The Labute approximate surface area is 158 Å². The molecule has 0 bridgehead atoms. The van der Waals surface area contributed by atoms with Gasteiger partial charge in [0.05, 0.1) is 24.6 Å². The van der Waals surface area contributed by atoms with Crippen LogP contribution in [-0.4, -0.2) is 15.7 Å². The first-order valence-corrected chi connectivity index (χ1v) is 8.63. The molecule has 0 aliphatic heterocycles. The number of nitrogens with two attached hydrogens (primary N) is 1. The van der Waals surface area contributed by atoms with Gasteiger partial charge in [-0.2, -0.15) is 10.4 Å². The van der Waals surface area contributed by atoms with Crippen molar-refractivity contribution >= 4 is 17.4 Å². The molecule has 1 aromatic heterocycles. The first-order chi connectivity index (χ1) is 13.0. The van der Waals surface area contributed by atoms with Crippen molar-refractivity contribution in [2.45, 2.75) is 26.8 Å². The van der Waals surface area contributed by atoms with Gasteiger partial charge in [-0.15, -0.1) is 0 Å². The van der Waals surface area contributed by atoms with Crippen molar-refractivity contribution in [2.24, 2.45) is 0 Å². The number of rotatable bonds is 5. The van der Waals surface area contributed by atoms with Crippen molar-refractivity contribution in [1.29, 1.82) is 5.26 Å². The van der Waals surface area contributed by atoms with Crippen LogP contribution in [-0.2, 0) is 17.8 Å². The highest BCUT2D eigenvalue weighted by Gasteiger charge is 2.10. The number of nitrogen functional groups attached to an aromatic ring is 1. The number of aromatic nitrogens is 2. The summed E-state index contributed by atoms with van der Waals surface area (Å²) in [6.07, 6.45) is 2.09. The summed E-state index contributed by atoms with van der Waals surface area (Å²) in [5, 5.41) is 16.1. The number of nitrogens with zero attached hydrogens (tertiary/aromatic N) is 3. The summed E-state index contributed by atoms with van der Waals surface area (Å²) in [5.74, 6) is 0.393. The van der Waals surface area contributed by atoms with Crippen molar-refractivity contribution in [3.05, 3.63) is 76.5 Å². The van der Waals surface area contributed by atoms with Gasteiger partial charge in [0, 0.05) is 18.0 Å². The van der Waals surface area contributed by atoms with Crippen LogP contribution in [0.4, 0.5) is 11.5 Å². The second-order valence-corrected chi connectivity index (χ2v) is 6.50. The summed E-state index contributed by atoms with van der Waals surface area (Å²) in [5.41, 5.74) is 11.3. The molecule has 0 radical (unpaired) electrons. The molecule has 3 N–H and O–H groups in total. The van der Waals surface area contributed by atoms with Gasteiger partial charge in [0.2, 0.25) is 5.91 Å². The van der Waals surface area contributed by atoms with Gasteiger partial charge in [-0.1, -0.05) is 18.2 Å². The highest BCUT2D eigenvalue weighted by molar-refractivity contribution is 5.91. The van der Waals surface area contributed by atoms with Crippen LogP contribution in [0.3, 0.4) is 0 Å². The topological polar surface area (TPSA) is 96.7 Å². The van der Waals surface area contributed by atoms with E-state index >= 15 is 0 Å². The Morgan fingerprint density at radius 3 is 2.59 bits per heavy atom. The maximum absolute atomic E-state index is 12.3. The molecular weight excluding hydrogens is 338 g/mol. The Bertz CT molecular complexity index is 1010. The lowest BCUT2D eigenvalue weighted by Crippen LogP contribution is -2.16. The molecule has 0 aliphatic carbocycles. The standard InChI is InChI=1S/C21H21N5O/c1-14-15(2)19(23)8-7-18(14)11-21(27)24-20-9-10-26(25-20)13-17-5-3-16(12-22)4-6-17/h3-10H,11,13,23H2,1-2H3,(H,24,25,27). The van der Waals surface area contributed by atoms with E-state index in [-0.39, 0.29) is 12.3 Å². The smallest absolute Gasteiger partial charge is 0.230 e. The molecule has 0 saturated heterocycles. The fourth-order valence-electron chi connectivity index (χ4n) is 2.84. The van der Waals surface area contributed by atoms with E-state index in [1.165, 1.54) is 0 Å². The Balaban J connectivity index is 1.62. The Hall–Kier alpha value is -3.59. The lowest BCUT2D eigenvalue weighted by molar-refractivity contribution is -0.115. The molecule has 0 spiro atoms. The van der Waals surface area contributed by atoms with E-state index in [2.05, 4.69) is 16.5 Å². The Morgan fingerprint density at radius 1 is 1.15 bits per heavy atom. The van der Waals surface area contributed by atoms with Crippen LogP contribution in [0.5, 0.6) is 0 Å². The van der Waals surface area contributed by atoms with Gasteiger partial charge in [-0.05, 0) is 54.3 Å². The predicted octanol–water partition coefficient (Wildman–Crippen LogP) is 3.18. The Kier molecular flexibility index (Phi) is 5.23. The first-order valence-electron chi connectivity index (χ1n) is 8.63. The highest BCUT2D eigenvalue weighted by atomic mass is 16.1. The minimum Gasteiger partial charge on any atom is -0.399 e. The molecule has 0 unspecified atom stereocenters. The molecule has 6 nitrogen and oxygen atoms in total. The summed E-state index contributed by atoms with van der Waals surface area (Å²) in [7, 11) is 0. The summed E-state index contributed by atoms with van der Waals surface area (Å²) in [6.45, 7) is 4.50. The molecule has 0 atom stereocenters. The van der Waals surface area contributed by atoms with Gasteiger partial charge < -0.3 is 11.1 Å². The monoisotopic (exact) mass is 359 g/mol. The third-order valence-electron chi connectivity index (χ3n) is 4.63. The van der Waals surface area contributed by atoms with E-state index in [9.17, 15) is 4.79 Å². The third-order valence-corrected chi connectivity index (χ3v) is 4.63. The highest BCUT2D eigenvalue weighted by Crippen LogP contribution is 2.20. The third kappa shape index (κ3) is 4.33. The molecule has 0 fully saturated rings. The van der Waals surface area contributed by atoms with Gasteiger partial charge in [-0.25, -0.2) is 0 Å². The number of nitrogens with one attached hydrogen (secondary N) is 1. The Morgan fingerprint density at radius 2 is 1.89 bits per heavy atom. The van der Waals surface area contributed by atoms with Crippen LogP contribution in [0.15, 0.2) is 48.7 Å². The summed E-state index contributed by atoms with van der Waals surface area (Å²) >= 11 is 0. The van der Waals surface area contributed by atoms with Crippen LogP contribution < -0.4 is 11.1 Å². The van der Waals surface area contributed by atoms with Crippen LogP contribution in [0, 0.1) is 25.2 Å². The van der Waals surface area contributed by atoms with Gasteiger partial charge in [-0.3, -0.25) is 9.48 Å². The molecule has 3 rings (SSSR count). The fourth-order valence-corrected chi connectivity index (χ4v) is 2.84. The molecule has 1 amide bonds. The van der Waals surface area contributed by atoms with Crippen molar-refractivity contribution < 1.29 is 4.79 Å². The van der Waals surface area contributed by atoms with Crippen LogP contribution in [0.2, 0.25) is 0 Å². The molecule has 1 heterocycles. The quantitative estimate of drug-likeness (QED) is 0.684. The number of carbonyl (C=O) groups excluding carboxylic acids is 1. The molecular formula is C21H21N5O. The lowest BCUT2D eigenvalue weighted by Gasteiger charge is -2.10. The van der Waals surface area contributed by atoms with Crippen molar-refractivity contribution in [3.8, 4) is 6.07 Å². The molecule has 27 heavy (non-hydrogen) atoms. The minimum absolute atomic E-state index is 0.120. The van der Waals surface area contributed by atoms with Crippen molar-refractivity contribution in [2.75, 3.05) is 11.1 Å². The summed E-state index contributed by atoms with van der Waals surface area (Å²) in [6, 6.07) is 14.9. The molecule has 0 saturated carbocycles. The second kappa shape index (κ2) is 7.75. The zero-order valence-electron chi connectivity index (χ0n) is 15.4. The molecule has 136 valence electrons. The lowest BCUT2D eigenvalue weighted by atomic mass is 9.99. The largest absolute Gasteiger partial charge is 0.399 e. The van der Waals surface area contributed by atoms with Gasteiger partial charge in [0.25, 0.3) is 0 Å². The number of benzene rings is 2. The van der Waals surface area contributed by atoms with E-state index in [0.717, 1.165) is 27.9 Å². The number of amides is 1. The van der Waals surface area contributed by atoms with Gasteiger partial charge in [0.1, 0.15) is 0 Å². The van der Waals surface area contributed by atoms with Gasteiger partial charge in [0.15, 0.2) is 5.82 Å². The SMILES string of the molecule is Cc1c(N)ccc(CC(=O)Nc2ccn(Cc3ccc(C#N)cc3)n2)c1C. The number of carbonyl (C=O) groups is 1.